The number of anilines is 1. The van der Waals surface area contributed by atoms with Gasteiger partial charge in [0.25, 0.3) is 11.8 Å². The zero-order chi connectivity index (χ0) is 19.9. The minimum Gasteiger partial charge on any atom is -0.484 e. The van der Waals surface area contributed by atoms with Crippen molar-refractivity contribution in [2.45, 2.75) is 52.0 Å². The van der Waals surface area contributed by atoms with Gasteiger partial charge in [-0.15, -0.1) is 0 Å². The lowest BCUT2D eigenvalue weighted by Gasteiger charge is -2.22. The Balaban J connectivity index is 1.49. The summed E-state index contributed by atoms with van der Waals surface area (Å²) in [5.74, 6) is 0.392. The molecule has 1 saturated carbocycles. The summed E-state index contributed by atoms with van der Waals surface area (Å²) >= 11 is 0. The van der Waals surface area contributed by atoms with Crippen molar-refractivity contribution in [2.75, 3.05) is 11.9 Å². The smallest absolute Gasteiger partial charge is 0.262 e. The number of rotatable bonds is 6. The van der Waals surface area contributed by atoms with Gasteiger partial charge >= 0.3 is 0 Å². The summed E-state index contributed by atoms with van der Waals surface area (Å²) in [6, 6.07) is 13.1. The second kappa shape index (κ2) is 9.40. The fraction of sp³-hybridized carbons (Fsp3) is 0.391. The van der Waals surface area contributed by atoms with Crippen LogP contribution in [0.1, 0.15) is 53.6 Å². The quantitative estimate of drug-likeness (QED) is 0.781. The Hall–Kier alpha value is -2.82. The average Bonchev–Trinajstić information content (AvgIpc) is 2.67. The van der Waals surface area contributed by atoms with Gasteiger partial charge in [-0.25, -0.2) is 0 Å². The molecule has 0 aliphatic heterocycles. The Labute approximate surface area is 166 Å². The van der Waals surface area contributed by atoms with Crippen LogP contribution in [0.15, 0.2) is 42.5 Å². The Morgan fingerprint density at radius 1 is 0.964 bits per heavy atom. The summed E-state index contributed by atoms with van der Waals surface area (Å²) in [7, 11) is 0. The van der Waals surface area contributed by atoms with Crippen molar-refractivity contribution in [1.82, 2.24) is 5.32 Å². The highest BCUT2D eigenvalue weighted by Gasteiger charge is 2.16. The topological polar surface area (TPSA) is 67.4 Å². The summed E-state index contributed by atoms with van der Waals surface area (Å²) in [4.78, 5) is 24.5. The van der Waals surface area contributed by atoms with Gasteiger partial charge in [0, 0.05) is 17.3 Å². The van der Waals surface area contributed by atoms with Gasteiger partial charge in [-0.2, -0.15) is 0 Å². The van der Waals surface area contributed by atoms with E-state index in [1.165, 1.54) is 19.3 Å². The molecule has 3 rings (SSSR count). The molecule has 1 fully saturated rings. The molecule has 5 heteroatoms. The monoisotopic (exact) mass is 380 g/mol. The predicted molar refractivity (Wildman–Crippen MR) is 111 cm³/mol. The second-order valence-electron chi connectivity index (χ2n) is 7.55. The van der Waals surface area contributed by atoms with Crippen molar-refractivity contribution in [2.24, 2.45) is 0 Å². The number of ether oxygens (including phenoxy) is 1. The Kier molecular flexibility index (Phi) is 6.69. The summed E-state index contributed by atoms with van der Waals surface area (Å²) in [6.45, 7) is 3.92. The highest BCUT2D eigenvalue weighted by molar-refractivity contribution is 5.96. The number of hydrogen-bond donors (Lipinski definition) is 2. The van der Waals surface area contributed by atoms with E-state index in [4.69, 9.17) is 4.74 Å². The zero-order valence-corrected chi connectivity index (χ0v) is 16.6. The Morgan fingerprint density at radius 3 is 2.25 bits per heavy atom. The maximum Gasteiger partial charge on any atom is 0.262 e. The van der Waals surface area contributed by atoms with Crippen LogP contribution in [0.5, 0.6) is 5.75 Å². The second-order valence-corrected chi connectivity index (χ2v) is 7.55. The lowest BCUT2D eigenvalue weighted by Crippen LogP contribution is -2.36. The van der Waals surface area contributed by atoms with E-state index < -0.39 is 0 Å². The predicted octanol–water partition coefficient (Wildman–Crippen LogP) is 4.38. The summed E-state index contributed by atoms with van der Waals surface area (Å²) in [6.07, 6.45) is 5.73. The van der Waals surface area contributed by atoms with Gasteiger partial charge in [0.05, 0.1) is 0 Å². The van der Waals surface area contributed by atoms with Crippen LogP contribution in [0.2, 0.25) is 0 Å². The van der Waals surface area contributed by atoms with Gasteiger partial charge in [-0.1, -0.05) is 25.3 Å². The van der Waals surface area contributed by atoms with Crippen molar-refractivity contribution < 1.29 is 14.3 Å². The number of carbonyl (C=O) groups excluding carboxylic acids is 2. The summed E-state index contributed by atoms with van der Waals surface area (Å²) in [5, 5.41) is 5.89. The molecule has 1 aliphatic rings. The molecular weight excluding hydrogens is 352 g/mol. The van der Waals surface area contributed by atoms with E-state index in [0.717, 1.165) is 24.0 Å². The van der Waals surface area contributed by atoms with E-state index in [1.54, 1.807) is 24.3 Å². The van der Waals surface area contributed by atoms with Crippen molar-refractivity contribution >= 4 is 17.5 Å². The molecular formula is C23H28N2O3. The molecule has 0 heterocycles. The van der Waals surface area contributed by atoms with E-state index in [1.807, 2.05) is 26.0 Å². The maximum absolute atomic E-state index is 12.3. The van der Waals surface area contributed by atoms with Gasteiger partial charge in [-0.05, 0) is 74.2 Å². The fourth-order valence-corrected chi connectivity index (χ4v) is 3.58. The van der Waals surface area contributed by atoms with E-state index in [2.05, 4.69) is 16.7 Å². The normalized spacial score (nSPS) is 14.4. The third-order valence-corrected chi connectivity index (χ3v) is 4.94. The molecule has 28 heavy (non-hydrogen) atoms. The SMILES string of the molecule is Cc1cc(C)cc(OCC(=O)Nc2ccc(C(=O)NC3CCCCC3)cc2)c1. The molecule has 0 saturated heterocycles. The van der Waals surface area contributed by atoms with Crippen molar-refractivity contribution in [1.29, 1.82) is 0 Å². The van der Waals surface area contributed by atoms with E-state index >= 15 is 0 Å². The van der Waals surface area contributed by atoms with Crippen LogP contribution in [0.4, 0.5) is 5.69 Å². The largest absolute Gasteiger partial charge is 0.484 e. The number of benzene rings is 2. The van der Waals surface area contributed by atoms with Crippen LogP contribution < -0.4 is 15.4 Å². The van der Waals surface area contributed by atoms with Crippen LogP contribution in [-0.4, -0.2) is 24.5 Å². The van der Waals surface area contributed by atoms with E-state index in [-0.39, 0.29) is 24.5 Å². The molecule has 0 aromatic heterocycles. The first-order chi connectivity index (χ1) is 13.5. The molecule has 0 atom stereocenters. The highest BCUT2D eigenvalue weighted by Crippen LogP contribution is 2.19. The Bertz CT molecular complexity index is 804. The lowest BCUT2D eigenvalue weighted by molar-refractivity contribution is -0.118. The Morgan fingerprint density at radius 2 is 1.61 bits per heavy atom. The molecule has 0 bridgehead atoms. The van der Waals surface area contributed by atoms with Gasteiger partial charge in [0.2, 0.25) is 0 Å². The van der Waals surface area contributed by atoms with Crippen LogP contribution in [-0.2, 0) is 4.79 Å². The molecule has 2 aromatic carbocycles. The number of aryl methyl sites for hydroxylation is 2. The first-order valence-corrected chi connectivity index (χ1v) is 9.91. The third-order valence-electron chi connectivity index (χ3n) is 4.94. The molecule has 2 amide bonds. The van der Waals surface area contributed by atoms with E-state index in [9.17, 15) is 9.59 Å². The van der Waals surface area contributed by atoms with Crippen molar-refractivity contribution in [3.8, 4) is 5.75 Å². The number of hydrogen-bond acceptors (Lipinski definition) is 3. The maximum atomic E-state index is 12.3. The lowest BCUT2D eigenvalue weighted by atomic mass is 9.95. The molecule has 1 aliphatic carbocycles. The molecule has 2 aromatic rings. The van der Waals surface area contributed by atoms with Crippen molar-refractivity contribution in [3.63, 3.8) is 0 Å². The summed E-state index contributed by atoms with van der Waals surface area (Å²) < 4.78 is 5.57. The van der Waals surface area contributed by atoms with Gasteiger partial charge < -0.3 is 15.4 Å². The molecule has 5 nitrogen and oxygen atoms in total. The first kappa shape index (κ1) is 19.9. The number of nitrogens with one attached hydrogen (secondary N) is 2. The fourth-order valence-electron chi connectivity index (χ4n) is 3.58. The zero-order valence-electron chi connectivity index (χ0n) is 16.6. The van der Waals surface area contributed by atoms with Gasteiger partial charge in [0.15, 0.2) is 6.61 Å². The number of amides is 2. The van der Waals surface area contributed by atoms with Gasteiger partial charge in [0.1, 0.15) is 5.75 Å². The molecule has 0 spiro atoms. The third kappa shape index (κ3) is 5.84. The molecule has 148 valence electrons. The van der Waals surface area contributed by atoms with Gasteiger partial charge in [-0.3, -0.25) is 9.59 Å². The summed E-state index contributed by atoms with van der Waals surface area (Å²) in [5.41, 5.74) is 3.44. The first-order valence-electron chi connectivity index (χ1n) is 9.91. The average molecular weight is 380 g/mol. The minimum absolute atomic E-state index is 0.0528. The molecule has 2 N–H and O–H groups in total. The van der Waals surface area contributed by atoms with Crippen LogP contribution in [0.3, 0.4) is 0 Å². The van der Waals surface area contributed by atoms with E-state index in [0.29, 0.717) is 17.0 Å². The van der Waals surface area contributed by atoms with Crippen LogP contribution >= 0.6 is 0 Å². The number of carbonyl (C=O) groups is 2. The minimum atomic E-state index is -0.237. The van der Waals surface area contributed by atoms with Crippen molar-refractivity contribution in [3.05, 3.63) is 59.2 Å². The molecule has 0 radical (unpaired) electrons. The standard InChI is InChI=1S/C23H28N2O3/c1-16-12-17(2)14-21(13-16)28-15-22(26)24-20-10-8-18(9-11-20)23(27)25-19-6-4-3-5-7-19/h8-14,19H,3-7,15H2,1-2H3,(H,24,26)(H,25,27). The van der Waals surface area contributed by atoms with Crippen LogP contribution in [0, 0.1) is 13.8 Å². The highest BCUT2D eigenvalue weighted by atomic mass is 16.5. The molecule has 0 unspecified atom stereocenters. The van der Waals surface area contributed by atoms with Crippen LogP contribution in [0.25, 0.3) is 0 Å².